The molecule has 0 heterocycles. The van der Waals surface area contributed by atoms with E-state index < -0.39 is 5.83 Å². The Kier molecular flexibility index (Phi) is 10.1. The maximum Gasteiger partial charge on any atom is 0.131 e. The zero-order valence-corrected chi connectivity index (χ0v) is 16.6. The van der Waals surface area contributed by atoms with Gasteiger partial charge in [-0.3, -0.25) is 0 Å². The van der Waals surface area contributed by atoms with Crippen LogP contribution >= 0.6 is 0 Å². The molecule has 0 unspecified atom stereocenters. The second-order valence-corrected chi connectivity index (χ2v) is 6.29. The smallest absolute Gasteiger partial charge is 0.131 e. The number of hydrogen-bond donors (Lipinski definition) is 0. The Labute approximate surface area is 164 Å². The van der Waals surface area contributed by atoms with Gasteiger partial charge in [0.05, 0.1) is 0 Å². The Morgan fingerprint density at radius 2 is 0.852 bits per heavy atom. The molecular formula is C26H29F. The van der Waals surface area contributed by atoms with Crippen molar-refractivity contribution < 1.29 is 4.39 Å². The van der Waals surface area contributed by atoms with Crippen LogP contribution in [0.15, 0.2) is 146 Å². The predicted molar refractivity (Wildman–Crippen MR) is 121 cm³/mol. The first-order valence-corrected chi connectivity index (χ1v) is 8.33. The molecule has 0 radical (unpaired) electrons. The average molecular weight is 361 g/mol. The Hall–Kier alpha value is -3.19. The maximum atomic E-state index is 14.4. The van der Waals surface area contributed by atoms with E-state index in [1.807, 2.05) is 26.0 Å². The largest absolute Gasteiger partial charge is 0.206 e. The molecule has 0 saturated heterocycles. The first kappa shape index (κ1) is 23.8. The summed E-state index contributed by atoms with van der Waals surface area (Å²) in [6.45, 7) is 34.4. The average Bonchev–Trinajstić information content (AvgIpc) is 2.60. The van der Waals surface area contributed by atoms with Crippen molar-refractivity contribution in [1.82, 2.24) is 0 Å². The van der Waals surface area contributed by atoms with Crippen LogP contribution in [0.3, 0.4) is 0 Å². The summed E-state index contributed by atoms with van der Waals surface area (Å²) < 4.78 is 14.4. The highest BCUT2D eigenvalue weighted by molar-refractivity contribution is 5.54. The van der Waals surface area contributed by atoms with Gasteiger partial charge in [-0.2, -0.15) is 0 Å². The van der Waals surface area contributed by atoms with Crippen molar-refractivity contribution in [2.45, 2.75) is 13.8 Å². The van der Waals surface area contributed by atoms with E-state index in [-0.39, 0.29) is 5.57 Å². The normalized spacial score (nSPS) is 11.7. The zero-order chi connectivity index (χ0) is 21.1. The molecule has 1 heteroatoms. The number of halogens is 1. The molecule has 0 aliphatic carbocycles. The van der Waals surface area contributed by atoms with Gasteiger partial charge < -0.3 is 0 Å². The van der Waals surface area contributed by atoms with E-state index in [0.29, 0.717) is 22.3 Å². The van der Waals surface area contributed by atoms with Gasteiger partial charge in [0.1, 0.15) is 5.83 Å². The zero-order valence-electron chi connectivity index (χ0n) is 16.6. The fourth-order valence-electron chi connectivity index (χ4n) is 1.59. The van der Waals surface area contributed by atoms with Crippen LogP contribution in [0, 0.1) is 0 Å². The van der Waals surface area contributed by atoms with Crippen LogP contribution in [-0.4, -0.2) is 0 Å². The van der Waals surface area contributed by atoms with Gasteiger partial charge in [0.2, 0.25) is 0 Å². The third-order valence-corrected chi connectivity index (χ3v) is 3.43. The van der Waals surface area contributed by atoms with Gasteiger partial charge in [-0.1, -0.05) is 100 Å². The summed E-state index contributed by atoms with van der Waals surface area (Å²) in [5, 5.41) is 0. The standard InChI is InChI=1S/C26H29F/c1-18(2)11-13-20(5)21(6)15-16-23(8)25(10)26(27)17-24(9)22(7)14-12-19(3)4/h11-17H,1,3,5-10H2,2,4H3/b13-11-,14-12-,16-15-,26-17+. The third-order valence-electron chi connectivity index (χ3n) is 3.43. The monoisotopic (exact) mass is 360 g/mol. The highest BCUT2D eigenvalue weighted by Crippen LogP contribution is 2.23. The Morgan fingerprint density at radius 1 is 0.519 bits per heavy atom. The molecule has 0 saturated carbocycles. The SMILES string of the molecule is C=C(C)/C=C\C(=C)C(=C)/C=C\C(=C)C(=C)/C(F)=C\C(=C)C(=C)/C=C\C(=C)C. The predicted octanol–water partition coefficient (Wildman–Crippen LogP) is 8.00. The minimum absolute atomic E-state index is 0.167. The van der Waals surface area contributed by atoms with E-state index in [2.05, 4.69) is 52.6 Å². The topological polar surface area (TPSA) is 0 Å². The lowest BCUT2D eigenvalue weighted by Gasteiger charge is -2.06. The van der Waals surface area contributed by atoms with Gasteiger partial charge in [-0.25, -0.2) is 4.39 Å². The molecule has 0 N–H and O–H groups in total. The quantitative estimate of drug-likeness (QED) is 0.327. The second-order valence-electron chi connectivity index (χ2n) is 6.29. The van der Waals surface area contributed by atoms with Gasteiger partial charge in [0.25, 0.3) is 0 Å². The molecule has 0 atom stereocenters. The Morgan fingerprint density at radius 3 is 1.26 bits per heavy atom. The molecule has 27 heavy (non-hydrogen) atoms. The first-order valence-electron chi connectivity index (χ1n) is 8.33. The lowest BCUT2D eigenvalue weighted by molar-refractivity contribution is 0.655. The van der Waals surface area contributed by atoms with Gasteiger partial charge in [-0.15, -0.1) is 0 Å². The van der Waals surface area contributed by atoms with E-state index in [1.165, 1.54) is 6.08 Å². The molecular weight excluding hydrogens is 331 g/mol. The summed E-state index contributed by atoms with van der Waals surface area (Å²) >= 11 is 0. The van der Waals surface area contributed by atoms with Crippen molar-refractivity contribution in [1.29, 1.82) is 0 Å². The van der Waals surface area contributed by atoms with Crippen molar-refractivity contribution in [2.75, 3.05) is 0 Å². The molecule has 0 aromatic heterocycles. The summed E-state index contributed by atoms with van der Waals surface area (Å²) in [5.74, 6) is -0.522. The summed E-state index contributed by atoms with van der Waals surface area (Å²) in [7, 11) is 0. The highest BCUT2D eigenvalue weighted by atomic mass is 19.1. The summed E-state index contributed by atoms with van der Waals surface area (Å²) in [6, 6.07) is 0. The minimum Gasteiger partial charge on any atom is -0.206 e. The molecule has 0 aromatic carbocycles. The van der Waals surface area contributed by atoms with Crippen LogP contribution in [0.25, 0.3) is 0 Å². The fraction of sp³-hybridized carbons (Fsp3) is 0.0769. The Bertz CT molecular complexity index is 829. The molecule has 0 aliphatic heterocycles. The lowest BCUT2D eigenvalue weighted by Crippen LogP contribution is -1.88. The molecule has 0 aromatic rings. The van der Waals surface area contributed by atoms with E-state index in [0.717, 1.165) is 16.7 Å². The maximum absolute atomic E-state index is 14.4. The number of hydrogen-bond acceptors (Lipinski definition) is 0. The van der Waals surface area contributed by atoms with Crippen LogP contribution in [0.4, 0.5) is 4.39 Å². The van der Waals surface area contributed by atoms with Crippen LogP contribution in [0.5, 0.6) is 0 Å². The van der Waals surface area contributed by atoms with Crippen LogP contribution in [-0.2, 0) is 0 Å². The van der Waals surface area contributed by atoms with Crippen molar-refractivity contribution in [3.8, 4) is 0 Å². The molecule has 0 fully saturated rings. The lowest BCUT2D eigenvalue weighted by atomic mass is 10.0. The van der Waals surface area contributed by atoms with E-state index in [4.69, 9.17) is 0 Å². The van der Waals surface area contributed by atoms with Crippen molar-refractivity contribution in [3.05, 3.63) is 146 Å². The molecule has 0 nitrogen and oxygen atoms in total. The summed E-state index contributed by atoms with van der Waals surface area (Å²) in [4.78, 5) is 0. The fourth-order valence-corrected chi connectivity index (χ4v) is 1.59. The van der Waals surface area contributed by atoms with Crippen molar-refractivity contribution in [2.24, 2.45) is 0 Å². The number of rotatable bonds is 11. The number of allylic oxidation sites excluding steroid dienone is 16. The van der Waals surface area contributed by atoms with Gasteiger partial charge in [0.15, 0.2) is 0 Å². The van der Waals surface area contributed by atoms with Crippen molar-refractivity contribution >= 4 is 0 Å². The van der Waals surface area contributed by atoms with Gasteiger partial charge >= 0.3 is 0 Å². The molecule has 0 aliphatic rings. The molecule has 140 valence electrons. The summed E-state index contributed by atoms with van der Waals surface area (Å²) in [6.07, 6.45) is 11.8. The Balaban J connectivity index is 5.04. The van der Waals surface area contributed by atoms with Crippen LogP contribution in [0.2, 0.25) is 0 Å². The molecule has 0 spiro atoms. The van der Waals surface area contributed by atoms with Gasteiger partial charge in [-0.05, 0) is 47.8 Å². The highest BCUT2D eigenvalue weighted by Gasteiger charge is 2.06. The third kappa shape index (κ3) is 9.76. The minimum atomic E-state index is -0.522. The van der Waals surface area contributed by atoms with Gasteiger partial charge in [0, 0.05) is 5.57 Å². The second kappa shape index (κ2) is 11.4. The van der Waals surface area contributed by atoms with E-state index >= 15 is 0 Å². The van der Waals surface area contributed by atoms with Crippen LogP contribution < -0.4 is 0 Å². The van der Waals surface area contributed by atoms with Crippen LogP contribution in [0.1, 0.15) is 13.8 Å². The first-order chi connectivity index (χ1) is 12.5. The van der Waals surface area contributed by atoms with E-state index in [1.54, 1.807) is 24.3 Å². The van der Waals surface area contributed by atoms with E-state index in [9.17, 15) is 4.39 Å². The molecule has 0 amide bonds. The molecule has 0 rings (SSSR count). The van der Waals surface area contributed by atoms with Crippen molar-refractivity contribution in [3.63, 3.8) is 0 Å². The summed E-state index contributed by atoms with van der Waals surface area (Å²) in [5.41, 5.74) is 4.85. The molecule has 0 bridgehead atoms.